The molecule has 0 bridgehead atoms. The second-order valence-electron chi connectivity index (χ2n) is 10.1. The third kappa shape index (κ3) is 4.82. The Balaban J connectivity index is 1.51. The number of rotatable bonds is 4. The van der Waals surface area contributed by atoms with Crippen LogP contribution in [-0.4, -0.2) is 39.8 Å². The number of nitrogens with zero attached hydrogens (tertiary/aromatic N) is 5. The second kappa shape index (κ2) is 9.69. The average Bonchev–Trinajstić information content (AvgIpc) is 3.35. The number of benzene rings is 2. The lowest BCUT2D eigenvalue weighted by molar-refractivity contribution is -0.141. The van der Waals surface area contributed by atoms with E-state index in [1.807, 2.05) is 0 Å². The molecule has 4 heterocycles. The van der Waals surface area contributed by atoms with E-state index in [1.165, 1.54) is 12.1 Å². The zero-order valence-electron chi connectivity index (χ0n) is 22.2. The van der Waals surface area contributed by atoms with E-state index in [1.54, 1.807) is 36.1 Å². The molecule has 2 aromatic carbocycles. The molecule has 6 rings (SSSR count). The first kappa shape index (κ1) is 28.5. The van der Waals surface area contributed by atoms with Gasteiger partial charge in [0.25, 0.3) is 11.8 Å². The highest BCUT2D eigenvalue weighted by Crippen LogP contribution is 2.45. The lowest BCUT2D eigenvalue weighted by Crippen LogP contribution is -2.35. The van der Waals surface area contributed by atoms with E-state index < -0.39 is 56.2 Å². The third-order valence-corrected chi connectivity index (χ3v) is 9.13. The Morgan fingerprint density at radius 1 is 1.09 bits per heavy atom. The quantitative estimate of drug-likeness (QED) is 0.274. The summed E-state index contributed by atoms with van der Waals surface area (Å²) < 4.78 is 97.1. The summed E-state index contributed by atoms with van der Waals surface area (Å²) in [4.78, 5) is 21.8. The third-order valence-electron chi connectivity index (χ3n) is 7.33. The number of hydrogen-bond acceptors (Lipinski definition) is 7. The molecule has 0 aliphatic carbocycles. The first-order chi connectivity index (χ1) is 20.2. The minimum absolute atomic E-state index is 0.196. The Labute approximate surface area is 240 Å². The highest BCUT2D eigenvalue weighted by molar-refractivity contribution is 7.91. The number of alkyl halides is 5. The molecule has 222 valence electrons. The van der Waals surface area contributed by atoms with Gasteiger partial charge in [0.15, 0.2) is 9.84 Å². The Morgan fingerprint density at radius 2 is 1.86 bits per heavy atom. The molecular formula is C28H21F5N6O3S. The summed E-state index contributed by atoms with van der Waals surface area (Å²) in [7, 11) is -2.54. The molecule has 2 N–H and O–H groups in total. The normalized spacial score (nSPS) is 15.9. The summed E-state index contributed by atoms with van der Waals surface area (Å²) in [5, 5.41) is 5.51. The summed E-state index contributed by atoms with van der Waals surface area (Å²) in [6.07, 6.45) is -3.42. The Kier molecular flexibility index (Phi) is 6.41. The van der Waals surface area contributed by atoms with Crippen LogP contribution in [0.1, 0.15) is 33.6 Å². The Bertz CT molecular complexity index is 2040. The van der Waals surface area contributed by atoms with Crippen molar-refractivity contribution in [1.29, 1.82) is 0 Å². The molecule has 0 spiro atoms. The van der Waals surface area contributed by atoms with Crippen molar-refractivity contribution in [3.8, 4) is 0 Å². The fourth-order valence-corrected chi connectivity index (χ4v) is 7.03. The van der Waals surface area contributed by atoms with Crippen molar-refractivity contribution in [1.82, 2.24) is 19.7 Å². The van der Waals surface area contributed by atoms with Crippen molar-refractivity contribution < 1.29 is 35.2 Å². The SMILES string of the molecule is Cn1ncc2c(N)nc3cc(CN(C(=O)c4ccc(C(F)(F)F)nc4)c4cccc5c4S(=O)(=O)CCC5(F)F)ccc3c21. The topological polar surface area (TPSA) is 124 Å². The van der Waals surface area contributed by atoms with E-state index in [9.17, 15) is 35.2 Å². The first-order valence-corrected chi connectivity index (χ1v) is 14.4. The van der Waals surface area contributed by atoms with Crippen LogP contribution in [0.3, 0.4) is 0 Å². The van der Waals surface area contributed by atoms with Gasteiger partial charge >= 0.3 is 6.18 Å². The van der Waals surface area contributed by atoms with Crippen LogP contribution < -0.4 is 10.6 Å². The molecule has 1 aliphatic heterocycles. The van der Waals surface area contributed by atoms with Gasteiger partial charge in [-0.3, -0.25) is 14.5 Å². The number of nitrogen functional groups attached to an aromatic ring is 1. The van der Waals surface area contributed by atoms with Crippen LogP contribution in [0.5, 0.6) is 0 Å². The smallest absolute Gasteiger partial charge is 0.383 e. The molecule has 1 amide bonds. The van der Waals surface area contributed by atoms with Gasteiger partial charge in [-0.25, -0.2) is 22.2 Å². The van der Waals surface area contributed by atoms with Crippen LogP contribution in [0.25, 0.3) is 21.8 Å². The predicted molar refractivity (Wildman–Crippen MR) is 147 cm³/mol. The largest absolute Gasteiger partial charge is 0.433 e. The molecule has 1 aliphatic rings. The van der Waals surface area contributed by atoms with Gasteiger partial charge in [-0.2, -0.15) is 18.3 Å². The van der Waals surface area contributed by atoms with Gasteiger partial charge in [0.2, 0.25) is 0 Å². The number of fused-ring (bicyclic) bond motifs is 4. The zero-order chi connectivity index (χ0) is 30.9. The van der Waals surface area contributed by atoms with E-state index >= 15 is 0 Å². The van der Waals surface area contributed by atoms with Crippen LogP contribution in [0.2, 0.25) is 0 Å². The molecule has 9 nitrogen and oxygen atoms in total. The standard InChI is InChI=1S/C28H21F5N6O3S/c1-38-23-17-7-5-15(11-20(17)37-25(34)18(23)13-36-38)14-39(26(40)16-6-8-22(35-12-16)28(31,32)33)21-4-2-3-19-24(21)43(41,42)10-9-27(19,29)30/h2-8,11-13H,9-10,14H2,1H3,(H2,34,37). The van der Waals surface area contributed by atoms with Gasteiger partial charge in [-0.05, 0) is 29.8 Å². The number of halogens is 5. The van der Waals surface area contributed by atoms with Crippen molar-refractivity contribution >= 4 is 49.1 Å². The zero-order valence-corrected chi connectivity index (χ0v) is 23.0. The van der Waals surface area contributed by atoms with E-state index in [4.69, 9.17) is 5.73 Å². The van der Waals surface area contributed by atoms with E-state index in [0.29, 0.717) is 39.6 Å². The van der Waals surface area contributed by atoms with Gasteiger partial charge in [0, 0.05) is 30.6 Å². The highest BCUT2D eigenvalue weighted by atomic mass is 32.2. The molecule has 43 heavy (non-hydrogen) atoms. The molecule has 0 saturated heterocycles. The monoisotopic (exact) mass is 616 g/mol. The average molecular weight is 617 g/mol. The van der Waals surface area contributed by atoms with Crippen molar-refractivity contribution in [2.75, 3.05) is 16.4 Å². The summed E-state index contributed by atoms with van der Waals surface area (Å²) in [5.41, 5.74) is 5.00. The van der Waals surface area contributed by atoms with Crippen LogP contribution in [0.4, 0.5) is 33.5 Å². The van der Waals surface area contributed by atoms with Crippen molar-refractivity contribution in [2.24, 2.45) is 7.05 Å². The number of amides is 1. The number of aromatic nitrogens is 4. The minimum Gasteiger partial charge on any atom is -0.383 e. The van der Waals surface area contributed by atoms with Crippen LogP contribution in [0, 0.1) is 0 Å². The van der Waals surface area contributed by atoms with Gasteiger partial charge in [-0.1, -0.05) is 24.3 Å². The number of pyridine rings is 2. The number of nitrogens with two attached hydrogens (primary N) is 1. The maximum absolute atomic E-state index is 14.9. The van der Waals surface area contributed by atoms with Crippen LogP contribution in [0.15, 0.2) is 65.8 Å². The van der Waals surface area contributed by atoms with Gasteiger partial charge < -0.3 is 10.6 Å². The molecular weight excluding hydrogens is 595 g/mol. The lowest BCUT2D eigenvalue weighted by atomic mass is 10.0. The second-order valence-corrected chi connectivity index (χ2v) is 12.2. The summed E-state index contributed by atoms with van der Waals surface area (Å²) in [5.74, 6) is -5.09. The number of hydrogen-bond donors (Lipinski definition) is 1. The van der Waals surface area contributed by atoms with Crippen molar-refractivity contribution in [3.05, 3.63) is 83.3 Å². The highest BCUT2D eigenvalue weighted by Gasteiger charge is 2.45. The van der Waals surface area contributed by atoms with Gasteiger partial charge in [0.1, 0.15) is 11.5 Å². The maximum atomic E-state index is 14.9. The first-order valence-electron chi connectivity index (χ1n) is 12.8. The lowest BCUT2D eigenvalue weighted by Gasteiger charge is -2.31. The molecule has 0 unspecified atom stereocenters. The number of carbonyl (C=O) groups excluding carboxylic acids is 1. The molecule has 0 atom stereocenters. The summed E-state index contributed by atoms with van der Waals surface area (Å²) in [6.45, 7) is -0.349. The number of anilines is 2. The van der Waals surface area contributed by atoms with Gasteiger partial charge in [-0.15, -0.1) is 0 Å². The molecule has 0 radical (unpaired) electrons. The Hall–Kier alpha value is -4.66. The number of carbonyl (C=O) groups is 1. The van der Waals surface area contributed by atoms with Gasteiger partial charge in [0.05, 0.1) is 51.1 Å². The van der Waals surface area contributed by atoms with E-state index in [-0.39, 0.29) is 23.6 Å². The number of sulfone groups is 1. The fourth-order valence-electron chi connectivity index (χ4n) is 5.25. The molecule has 5 aromatic rings. The molecule has 3 aromatic heterocycles. The summed E-state index contributed by atoms with van der Waals surface area (Å²) >= 11 is 0. The molecule has 15 heteroatoms. The Morgan fingerprint density at radius 3 is 2.56 bits per heavy atom. The fraction of sp³-hybridized carbons (Fsp3) is 0.214. The van der Waals surface area contributed by atoms with Crippen molar-refractivity contribution in [2.45, 2.75) is 30.0 Å². The van der Waals surface area contributed by atoms with Crippen LogP contribution in [-0.2, 0) is 35.5 Å². The van der Waals surface area contributed by atoms with Crippen molar-refractivity contribution in [3.63, 3.8) is 0 Å². The maximum Gasteiger partial charge on any atom is 0.433 e. The molecule has 0 saturated carbocycles. The molecule has 0 fully saturated rings. The van der Waals surface area contributed by atoms with Crippen LogP contribution >= 0.6 is 0 Å². The van der Waals surface area contributed by atoms with E-state index in [0.717, 1.165) is 17.0 Å². The number of aryl methyl sites for hydroxylation is 1. The summed E-state index contributed by atoms with van der Waals surface area (Å²) in [6, 6.07) is 9.84. The van der Waals surface area contributed by atoms with E-state index in [2.05, 4.69) is 15.1 Å². The predicted octanol–water partition coefficient (Wildman–Crippen LogP) is 5.23. The minimum atomic E-state index is -4.77.